The molecular weight excluding hydrogens is 939 g/mol. The van der Waals surface area contributed by atoms with Gasteiger partial charge in [0.2, 0.25) is 0 Å². The second-order valence-electron chi connectivity index (χ2n) is 14.0. The fraction of sp³-hybridized carbons (Fsp3) is 0.130. The topological polar surface area (TPSA) is 226 Å². The van der Waals surface area contributed by atoms with Gasteiger partial charge < -0.3 is 41.4 Å². The van der Waals surface area contributed by atoms with Crippen LogP contribution < -0.4 is 36.5 Å². The van der Waals surface area contributed by atoms with E-state index in [1.54, 1.807) is 105 Å². The number of hydrogen-bond donors (Lipinski definition) is 6. The Kier molecular flexibility index (Phi) is 16.7. The van der Waals surface area contributed by atoms with E-state index in [0.717, 1.165) is 10.0 Å². The van der Waals surface area contributed by atoms with E-state index < -0.39 is 23.6 Å². The van der Waals surface area contributed by atoms with Gasteiger partial charge in [-0.25, -0.2) is 9.97 Å². The number of benzene rings is 4. The molecule has 65 heavy (non-hydrogen) atoms. The quantitative estimate of drug-likeness (QED) is 0.0505. The number of amides is 4. The second kappa shape index (κ2) is 22.3. The third-order valence-corrected chi connectivity index (χ3v) is 10.1. The van der Waals surface area contributed by atoms with Crippen LogP contribution in [-0.2, 0) is 0 Å². The van der Waals surface area contributed by atoms with E-state index in [1.807, 2.05) is 13.0 Å². The van der Waals surface area contributed by atoms with Gasteiger partial charge >= 0.3 is 0 Å². The highest BCUT2D eigenvalue weighted by Gasteiger charge is 2.23. The minimum absolute atomic E-state index is 0.114. The monoisotopic (exact) mass is 980 g/mol. The smallest absolute Gasteiger partial charge is 0.259 e. The molecule has 16 nitrogen and oxygen atoms in total. The van der Waals surface area contributed by atoms with Crippen molar-refractivity contribution in [2.45, 2.75) is 6.92 Å². The molecule has 0 aliphatic rings. The zero-order valence-electron chi connectivity index (χ0n) is 35.8. The number of aromatic nitrogens is 2. The minimum atomic E-state index is -0.518. The summed E-state index contributed by atoms with van der Waals surface area (Å²) < 4.78 is 11.5. The number of aliphatic imine (C=N–C) groups is 1. The Morgan fingerprint density at radius 1 is 0.646 bits per heavy atom. The summed E-state index contributed by atoms with van der Waals surface area (Å²) in [4.78, 5) is 65.7. The van der Waals surface area contributed by atoms with Crippen molar-refractivity contribution >= 4 is 97.4 Å². The second-order valence-corrected chi connectivity index (χ2v) is 15.8. The van der Waals surface area contributed by atoms with Gasteiger partial charge in [0.05, 0.1) is 36.7 Å². The van der Waals surface area contributed by atoms with E-state index in [0.29, 0.717) is 45.6 Å². The first-order chi connectivity index (χ1) is 31.0. The van der Waals surface area contributed by atoms with Gasteiger partial charge in [0.15, 0.2) is 0 Å². The first-order valence-corrected chi connectivity index (χ1v) is 20.8. The maximum atomic E-state index is 13.0. The molecule has 0 saturated heterocycles. The molecule has 0 saturated carbocycles. The molecule has 334 valence electrons. The first-order valence-electron chi connectivity index (χ1n) is 19.3. The summed E-state index contributed by atoms with van der Waals surface area (Å²) in [5.74, 6) is -0.0538. The molecule has 19 heteroatoms. The van der Waals surface area contributed by atoms with Crippen molar-refractivity contribution in [3.8, 4) is 11.5 Å². The molecule has 0 radical (unpaired) electrons. The van der Waals surface area contributed by atoms with E-state index in [-0.39, 0.29) is 44.0 Å². The summed E-state index contributed by atoms with van der Waals surface area (Å²) in [5.41, 5.74) is 9.42. The van der Waals surface area contributed by atoms with Crippen molar-refractivity contribution in [2.24, 2.45) is 10.7 Å². The number of halogens is 3. The number of ether oxygens (including phenoxy) is 2. The van der Waals surface area contributed by atoms with Crippen LogP contribution in [0.5, 0.6) is 11.5 Å². The highest BCUT2D eigenvalue weighted by Crippen LogP contribution is 2.35. The Bertz CT molecular complexity index is 2750. The molecule has 0 aliphatic carbocycles. The predicted octanol–water partition coefficient (Wildman–Crippen LogP) is 8.79. The molecule has 0 unspecified atom stereocenters. The van der Waals surface area contributed by atoms with Crippen molar-refractivity contribution in [2.75, 3.05) is 56.6 Å². The Morgan fingerprint density at radius 3 is 1.46 bits per heavy atom. The molecular formula is C46H43BrCl2N10O6. The molecule has 0 atom stereocenters. The standard InChI is InChI=1S/C23H21BrClN5O3.C23H22ClN5O3/c1-30(2)21(26)13-4-6-14(7-5-13)22(31)29-20-17(10-16(25)11-18(20)33-3)23(32)28-19-9-8-15(24)12-27-19;1-13-4-9-19(27-12-13)28-23(31)17-10-16(24)11-18(32-3)20(17)29-22(30)15-7-5-14(6-8-15)21(25)26-2/h4-12,26H,1-3H3,(H,29,31)(H,27,28,32);4-12H,1-3H3,(H2,25,26)(H,29,30)(H,27,28,31). The fourth-order valence-electron chi connectivity index (χ4n) is 5.79. The highest BCUT2D eigenvalue weighted by molar-refractivity contribution is 9.10. The third-order valence-electron chi connectivity index (χ3n) is 9.21. The SMILES string of the molecule is CN=C(N)c1ccc(C(=O)Nc2c(OC)cc(Cl)cc2C(=O)Nc2ccc(C)cn2)cc1.COc1cc(Cl)cc(C(=O)Nc2ccc(Br)cn2)c1NC(=O)c1ccc(C(=N)N(C)C)cc1. The number of rotatable bonds is 12. The molecule has 0 bridgehead atoms. The lowest BCUT2D eigenvalue weighted by atomic mass is 10.1. The Morgan fingerprint density at radius 2 is 1.08 bits per heavy atom. The zero-order valence-corrected chi connectivity index (χ0v) is 38.9. The molecule has 0 aliphatic heterocycles. The molecule has 6 aromatic rings. The number of aryl methyl sites for hydroxylation is 1. The molecule has 0 spiro atoms. The summed E-state index contributed by atoms with van der Waals surface area (Å²) in [5, 5.41) is 19.5. The summed E-state index contributed by atoms with van der Waals surface area (Å²) >= 11 is 15.6. The van der Waals surface area contributed by atoms with Crippen LogP contribution in [0.1, 0.15) is 58.1 Å². The van der Waals surface area contributed by atoms with Crippen LogP contribution in [0.4, 0.5) is 23.0 Å². The van der Waals surface area contributed by atoms with Crippen LogP contribution in [0.2, 0.25) is 10.0 Å². The van der Waals surface area contributed by atoms with Gasteiger partial charge in [-0.3, -0.25) is 29.6 Å². The lowest BCUT2D eigenvalue weighted by molar-refractivity contribution is 0.101. The van der Waals surface area contributed by atoms with Gasteiger partial charge in [0.25, 0.3) is 23.6 Å². The van der Waals surface area contributed by atoms with E-state index in [1.165, 1.54) is 38.5 Å². The Hall–Kier alpha value is -7.34. The summed E-state index contributed by atoms with van der Waals surface area (Å²) in [6, 6.07) is 26.0. The van der Waals surface area contributed by atoms with E-state index in [2.05, 4.69) is 52.2 Å². The molecule has 6 rings (SSSR count). The Labute approximate surface area is 393 Å². The fourth-order valence-corrected chi connectivity index (χ4v) is 6.44. The number of anilines is 4. The average Bonchev–Trinajstić information content (AvgIpc) is 3.30. The largest absolute Gasteiger partial charge is 0.494 e. The zero-order chi connectivity index (χ0) is 47.4. The number of hydrogen-bond acceptors (Lipinski definition) is 10. The first kappa shape index (κ1) is 48.7. The van der Waals surface area contributed by atoms with Gasteiger partial charge in [0.1, 0.15) is 34.8 Å². The van der Waals surface area contributed by atoms with Crippen LogP contribution in [0.15, 0.2) is 119 Å². The van der Waals surface area contributed by atoms with Gasteiger partial charge in [-0.05, 0) is 83.0 Å². The van der Waals surface area contributed by atoms with Crippen LogP contribution in [0.3, 0.4) is 0 Å². The van der Waals surface area contributed by atoms with Gasteiger partial charge in [-0.15, -0.1) is 0 Å². The number of pyridine rings is 2. The normalized spacial score (nSPS) is 10.7. The van der Waals surface area contributed by atoms with E-state index in [4.69, 9.17) is 43.8 Å². The van der Waals surface area contributed by atoms with Crippen LogP contribution >= 0.6 is 39.1 Å². The minimum Gasteiger partial charge on any atom is -0.494 e. The molecule has 4 aromatic carbocycles. The number of nitrogens with zero attached hydrogens (tertiary/aromatic N) is 4. The number of nitrogens with one attached hydrogen (secondary N) is 5. The summed E-state index contributed by atoms with van der Waals surface area (Å²) in [6.45, 7) is 1.89. The highest BCUT2D eigenvalue weighted by atomic mass is 79.9. The summed E-state index contributed by atoms with van der Waals surface area (Å²) in [7, 11) is 7.97. The summed E-state index contributed by atoms with van der Waals surface area (Å²) in [6.07, 6.45) is 3.19. The Balaban J connectivity index is 0.000000244. The molecule has 4 amide bonds. The van der Waals surface area contributed by atoms with Crippen molar-refractivity contribution in [3.63, 3.8) is 0 Å². The molecule has 7 N–H and O–H groups in total. The number of nitrogens with two attached hydrogens (primary N) is 1. The van der Waals surface area contributed by atoms with Crippen LogP contribution in [0, 0.1) is 12.3 Å². The molecule has 0 fully saturated rings. The number of methoxy groups -OCH3 is 2. The predicted molar refractivity (Wildman–Crippen MR) is 259 cm³/mol. The van der Waals surface area contributed by atoms with Gasteiger partial charge in [-0.2, -0.15) is 0 Å². The maximum absolute atomic E-state index is 13.0. The number of carbonyl (C=O) groups excluding carboxylic acids is 4. The van der Waals surface area contributed by atoms with Crippen molar-refractivity contribution in [3.05, 3.63) is 163 Å². The average molecular weight is 983 g/mol. The van der Waals surface area contributed by atoms with Crippen molar-refractivity contribution in [1.82, 2.24) is 14.9 Å². The van der Waals surface area contributed by atoms with Crippen molar-refractivity contribution in [1.29, 1.82) is 5.41 Å². The van der Waals surface area contributed by atoms with Crippen LogP contribution in [-0.4, -0.2) is 85.5 Å². The van der Waals surface area contributed by atoms with E-state index in [9.17, 15) is 19.2 Å². The van der Waals surface area contributed by atoms with Gasteiger partial charge in [-0.1, -0.05) is 53.5 Å². The lowest BCUT2D eigenvalue weighted by Gasteiger charge is -2.16. The van der Waals surface area contributed by atoms with Crippen LogP contribution in [0.25, 0.3) is 0 Å². The van der Waals surface area contributed by atoms with E-state index >= 15 is 0 Å². The molecule has 2 aromatic heterocycles. The molecule has 2 heterocycles. The lowest BCUT2D eigenvalue weighted by Crippen LogP contribution is -2.22. The number of carbonyl (C=O) groups is 4. The maximum Gasteiger partial charge on any atom is 0.259 e. The van der Waals surface area contributed by atoms with Gasteiger partial charge in [0, 0.05) is 82.4 Å². The number of amidine groups is 2. The van der Waals surface area contributed by atoms with Crippen molar-refractivity contribution < 1.29 is 28.7 Å². The third kappa shape index (κ3) is 12.9.